The van der Waals surface area contributed by atoms with Gasteiger partial charge in [0.05, 0.1) is 27.7 Å². The molecule has 6 heteroatoms. The van der Waals surface area contributed by atoms with E-state index in [0.717, 1.165) is 40.3 Å². The second-order valence-electron chi connectivity index (χ2n) is 5.59. The van der Waals surface area contributed by atoms with Crippen LogP contribution in [0.1, 0.15) is 34.3 Å². The van der Waals surface area contributed by atoms with Crippen LogP contribution in [-0.4, -0.2) is 27.2 Å². The van der Waals surface area contributed by atoms with Crippen LogP contribution in [-0.2, 0) is 4.74 Å². The first kappa shape index (κ1) is 15.0. The lowest BCUT2D eigenvalue weighted by Crippen LogP contribution is -2.07. The number of alkyl halides is 1. The van der Waals surface area contributed by atoms with Gasteiger partial charge < -0.3 is 9.72 Å². The molecule has 4 rings (SSSR count). The number of esters is 1. The fraction of sp³-hybridized carbons (Fsp3) is 0.294. The fourth-order valence-electron chi connectivity index (χ4n) is 3.11. The number of benzene rings is 1. The number of carbonyl (C=O) groups is 1. The minimum atomic E-state index is -0.392. The van der Waals surface area contributed by atoms with Crippen LogP contribution in [0.5, 0.6) is 0 Å². The van der Waals surface area contributed by atoms with Crippen molar-refractivity contribution >= 4 is 55.5 Å². The van der Waals surface area contributed by atoms with Crippen LogP contribution in [0.25, 0.3) is 21.8 Å². The minimum Gasteiger partial charge on any atom is -0.464 e. The standard InChI is InChI=1S/C17H15BrN2O2S/c1-22-17(21)12-8-10-9-4-2-3-5-11(9)19-15(10)16(20-12)13-6-7-14(18)23-13/h2-5,8,13-14,19H,6-7H2,1H3. The number of ether oxygens (including phenoxy) is 1. The summed E-state index contributed by atoms with van der Waals surface area (Å²) in [7, 11) is 1.39. The zero-order chi connectivity index (χ0) is 16.0. The molecular weight excluding hydrogens is 376 g/mol. The van der Waals surface area contributed by atoms with E-state index in [0.29, 0.717) is 9.85 Å². The lowest BCUT2D eigenvalue weighted by molar-refractivity contribution is 0.0594. The number of rotatable bonds is 2. The van der Waals surface area contributed by atoms with Crippen molar-refractivity contribution < 1.29 is 9.53 Å². The van der Waals surface area contributed by atoms with E-state index in [9.17, 15) is 4.79 Å². The van der Waals surface area contributed by atoms with Crippen LogP contribution in [0.15, 0.2) is 30.3 Å². The zero-order valence-electron chi connectivity index (χ0n) is 12.5. The summed E-state index contributed by atoms with van der Waals surface area (Å²) in [4.78, 5) is 20.2. The first-order chi connectivity index (χ1) is 11.2. The van der Waals surface area contributed by atoms with E-state index >= 15 is 0 Å². The SMILES string of the molecule is COC(=O)c1cc2c([nH]c3ccccc32)c(C2CCC(Br)S2)n1. The first-order valence-corrected chi connectivity index (χ1v) is 9.32. The van der Waals surface area contributed by atoms with Gasteiger partial charge in [-0.1, -0.05) is 34.1 Å². The van der Waals surface area contributed by atoms with Crippen LogP contribution >= 0.6 is 27.7 Å². The van der Waals surface area contributed by atoms with Gasteiger partial charge >= 0.3 is 5.97 Å². The second-order valence-corrected chi connectivity index (χ2v) is 8.71. The molecule has 1 saturated heterocycles. The van der Waals surface area contributed by atoms with E-state index in [1.807, 2.05) is 36.0 Å². The lowest BCUT2D eigenvalue weighted by atomic mass is 10.1. The molecule has 23 heavy (non-hydrogen) atoms. The van der Waals surface area contributed by atoms with Crippen LogP contribution in [0, 0.1) is 0 Å². The van der Waals surface area contributed by atoms with Crippen molar-refractivity contribution in [2.45, 2.75) is 22.3 Å². The molecule has 0 radical (unpaired) electrons. The first-order valence-electron chi connectivity index (χ1n) is 7.46. The van der Waals surface area contributed by atoms with E-state index in [2.05, 4.69) is 32.0 Å². The molecule has 1 fully saturated rings. The van der Waals surface area contributed by atoms with Crippen LogP contribution in [0.3, 0.4) is 0 Å². The molecule has 0 spiro atoms. The van der Waals surface area contributed by atoms with Crippen LogP contribution in [0.4, 0.5) is 0 Å². The van der Waals surface area contributed by atoms with Crippen molar-refractivity contribution in [2.24, 2.45) is 0 Å². The Morgan fingerprint density at radius 1 is 1.35 bits per heavy atom. The summed E-state index contributed by atoms with van der Waals surface area (Å²) in [5.74, 6) is -0.392. The summed E-state index contributed by atoms with van der Waals surface area (Å²) >= 11 is 5.52. The number of fused-ring (bicyclic) bond motifs is 3. The molecule has 2 aromatic heterocycles. The summed E-state index contributed by atoms with van der Waals surface area (Å²) in [6.07, 6.45) is 2.14. The number of carbonyl (C=O) groups excluding carboxylic acids is 1. The van der Waals surface area contributed by atoms with E-state index in [1.165, 1.54) is 7.11 Å². The van der Waals surface area contributed by atoms with Crippen molar-refractivity contribution in [3.8, 4) is 0 Å². The molecule has 118 valence electrons. The number of halogens is 1. The van der Waals surface area contributed by atoms with Gasteiger partial charge in [0, 0.05) is 16.3 Å². The van der Waals surface area contributed by atoms with Crippen molar-refractivity contribution in [2.75, 3.05) is 7.11 Å². The van der Waals surface area contributed by atoms with Gasteiger partial charge in [-0.2, -0.15) is 0 Å². The maximum atomic E-state index is 12.0. The maximum absolute atomic E-state index is 12.0. The van der Waals surface area contributed by atoms with Gasteiger partial charge in [0.1, 0.15) is 5.69 Å². The molecule has 0 amide bonds. The van der Waals surface area contributed by atoms with E-state index in [1.54, 1.807) is 0 Å². The number of pyridine rings is 1. The molecule has 0 aliphatic carbocycles. The highest BCUT2D eigenvalue weighted by molar-refractivity contribution is 9.11. The van der Waals surface area contributed by atoms with Crippen LogP contribution < -0.4 is 0 Å². The average molecular weight is 391 g/mol. The van der Waals surface area contributed by atoms with Crippen molar-refractivity contribution in [1.29, 1.82) is 0 Å². The highest BCUT2D eigenvalue weighted by Crippen LogP contribution is 2.48. The van der Waals surface area contributed by atoms with Gasteiger partial charge in [-0.15, -0.1) is 11.8 Å². The Morgan fingerprint density at radius 3 is 2.91 bits per heavy atom. The highest BCUT2D eigenvalue weighted by Gasteiger charge is 2.29. The molecule has 2 atom stereocenters. The van der Waals surface area contributed by atoms with Gasteiger partial charge in [-0.05, 0) is 25.0 Å². The normalized spacial score (nSPS) is 21.1. The number of hydrogen-bond acceptors (Lipinski definition) is 4. The number of para-hydroxylation sites is 1. The molecule has 0 bridgehead atoms. The van der Waals surface area contributed by atoms with Crippen LogP contribution in [0.2, 0.25) is 0 Å². The molecule has 3 heterocycles. The summed E-state index contributed by atoms with van der Waals surface area (Å²) < 4.78 is 5.33. The summed E-state index contributed by atoms with van der Waals surface area (Å²) in [6.45, 7) is 0. The third-order valence-electron chi connectivity index (χ3n) is 4.19. The monoisotopic (exact) mass is 390 g/mol. The summed E-state index contributed by atoms with van der Waals surface area (Å²) in [5, 5.41) is 2.42. The number of hydrogen-bond donors (Lipinski definition) is 1. The molecule has 4 nitrogen and oxygen atoms in total. The largest absolute Gasteiger partial charge is 0.464 e. The molecular formula is C17H15BrN2O2S. The number of H-pyrrole nitrogens is 1. The van der Waals surface area contributed by atoms with Crippen molar-refractivity contribution in [1.82, 2.24) is 9.97 Å². The van der Waals surface area contributed by atoms with Crippen molar-refractivity contribution in [3.63, 3.8) is 0 Å². The Morgan fingerprint density at radius 2 is 2.17 bits per heavy atom. The summed E-state index contributed by atoms with van der Waals surface area (Å²) in [5.41, 5.74) is 3.41. The molecule has 1 aliphatic rings. The fourth-order valence-corrected chi connectivity index (χ4v) is 5.36. The Hall–Kier alpha value is -1.53. The topological polar surface area (TPSA) is 55.0 Å². The number of nitrogens with one attached hydrogen (secondary N) is 1. The third-order valence-corrected chi connectivity index (χ3v) is 6.62. The van der Waals surface area contributed by atoms with E-state index < -0.39 is 5.97 Å². The van der Waals surface area contributed by atoms with Gasteiger partial charge in [0.2, 0.25) is 0 Å². The average Bonchev–Trinajstić information content (AvgIpc) is 3.16. The lowest BCUT2D eigenvalue weighted by Gasteiger charge is -2.11. The number of methoxy groups -OCH3 is 1. The van der Waals surface area contributed by atoms with Crippen molar-refractivity contribution in [3.05, 3.63) is 41.7 Å². The summed E-state index contributed by atoms with van der Waals surface area (Å²) in [6, 6.07) is 9.95. The Labute approximate surface area is 146 Å². The quantitative estimate of drug-likeness (QED) is 0.504. The van der Waals surface area contributed by atoms with E-state index in [4.69, 9.17) is 4.74 Å². The number of aromatic nitrogens is 2. The third kappa shape index (κ3) is 2.54. The molecule has 1 aliphatic heterocycles. The Kier molecular flexibility index (Phi) is 3.81. The van der Waals surface area contributed by atoms with E-state index in [-0.39, 0.29) is 5.25 Å². The molecule has 0 saturated carbocycles. The predicted octanol–water partition coefficient (Wildman–Crippen LogP) is 4.79. The van der Waals surface area contributed by atoms with Gasteiger partial charge in [0.15, 0.2) is 0 Å². The Bertz CT molecular complexity index is 908. The smallest absolute Gasteiger partial charge is 0.356 e. The highest BCUT2D eigenvalue weighted by atomic mass is 79.9. The number of thioether (sulfide) groups is 1. The number of aromatic amines is 1. The second kappa shape index (κ2) is 5.83. The molecule has 1 aromatic carbocycles. The Balaban J connectivity index is 2.00. The van der Waals surface area contributed by atoms with Gasteiger partial charge in [-0.3, -0.25) is 0 Å². The number of nitrogens with zero attached hydrogens (tertiary/aromatic N) is 1. The molecule has 3 aromatic rings. The predicted molar refractivity (Wildman–Crippen MR) is 97.2 cm³/mol. The zero-order valence-corrected chi connectivity index (χ0v) is 14.9. The minimum absolute atomic E-state index is 0.277. The maximum Gasteiger partial charge on any atom is 0.356 e. The molecule has 2 unspecified atom stereocenters. The molecule has 1 N–H and O–H groups in total. The van der Waals surface area contributed by atoms with Gasteiger partial charge in [0.25, 0.3) is 0 Å². The van der Waals surface area contributed by atoms with Gasteiger partial charge in [-0.25, -0.2) is 9.78 Å².